The lowest BCUT2D eigenvalue weighted by atomic mass is 10.0. The zero-order chi connectivity index (χ0) is 22.1. The molecule has 3 aromatic rings. The maximum Gasteiger partial charge on any atom is 0.282 e. The van der Waals surface area contributed by atoms with Gasteiger partial charge in [0.1, 0.15) is 5.70 Å². The van der Waals surface area contributed by atoms with Gasteiger partial charge in [0.15, 0.2) is 0 Å². The Balaban J connectivity index is 1.77. The lowest BCUT2D eigenvalue weighted by molar-refractivity contribution is -0.120. The smallest absolute Gasteiger partial charge is 0.282 e. The monoisotopic (exact) mass is 430 g/mol. The molecule has 0 spiro atoms. The van der Waals surface area contributed by atoms with Crippen LogP contribution in [0.25, 0.3) is 5.57 Å². The highest BCUT2D eigenvalue weighted by Gasteiger charge is 2.40. The van der Waals surface area contributed by atoms with Crippen molar-refractivity contribution in [3.63, 3.8) is 0 Å². The minimum atomic E-state index is -0.406. The lowest BCUT2D eigenvalue weighted by Crippen LogP contribution is -2.32. The molecule has 31 heavy (non-hydrogen) atoms. The molecule has 0 aromatic heterocycles. The number of amides is 2. The molecule has 1 heterocycles. The van der Waals surface area contributed by atoms with Crippen molar-refractivity contribution in [3.8, 4) is 0 Å². The zero-order valence-electron chi connectivity index (χ0n) is 17.6. The Morgan fingerprint density at radius 1 is 0.871 bits per heavy atom. The highest BCUT2D eigenvalue weighted by molar-refractivity contribution is 6.46. The fourth-order valence-corrected chi connectivity index (χ4v) is 3.74. The summed E-state index contributed by atoms with van der Waals surface area (Å²) in [5, 5.41) is 3.70. The van der Waals surface area contributed by atoms with Crippen LogP contribution >= 0.6 is 11.6 Å². The molecule has 0 atom stereocenters. The first kappa shape index (κ1) is 20.9. The van der Waals surface area contributed by atoms with E-state index in [1.54, 1.807) is 18.2 Å². The van der Waals surface area contributed by atoms with Gasteiger partial charge in [0.05, 0.1) is 11.3 Å². The Morgan fingerprint density at radius 2 is 1.55 bits per heavy atom. The summed E-state index contributed by atoms with van der Waals surface area (Å²) in [6.07, 6.45) is 0. The first-order valence-electron chi connectivity index (χ1n) is 10.2. The van der Waals surface area contributed by atoms with Crippen LogP contribution in [-0.2, 0) is 9.59 Å². The molecule has 2 amide bonds. The van der Waals surface area contributed by atoms with Crippen LogP contribution < -0.4 is 10.2 Å². The van der Waals surface area contributed by atoms with Crippen LogP contribution in [0.15, 0.2) is 78.5 Å². The van der Waals surface area contributed by atoms with Gasteiger partial charge in [0, 0.05) is 10.7 Å². The van der Waals surface area contributed by atoms with E-state index in [4.69, 9.17) is 11.6 Å². The summed E-state index contributed by atoms with van der Waals surface area (Å²) in [5.74, 6) is -0.376. The number of halogens is 1. The maximum absolute atomic E-state index is 13.4. The molecule has 4 rings (SSSR count). The highest BCUT2D eigenvalue weighted by atomic mass is 35.5. The normalized spacial score (nSPS) is 14.0. The molecule has 0 bridgehead atoms. The molecule has 4 nitrogen and oxygen atoms in total. The molecule has 3 aromatic carbocycles. The van der Waals surface area contributed by atoms with Crippen molar-refractivity contribution < 1.29 is 9.59 Å². The summed E-state index contributed by atoms with van der Waals surface area (Å²) < 4.78 is 0. The van der Waals surface area contributed by atoms with E-state index < -0.39 is 5.91 Å². The van der Waals surface area contributed by atoms with E-state index in [0.717, 1.165) is 11.3 Å². The molecular formula is C26H23ClN2O2. The average molecular weight is 431 g/mol. The van der Waals surface area contributed by atoms with Gasteiger partial charge < -0.3 is 5.32 Å². The van der Waals surface area contributed by atoms with Gasteiger partial charge in [-0.15, -0.1) is 0 Å². The number of anilines is 2. The van der Waals surface area contributed by atoms with Crippen LogP contribution in [-0.4, -0.2) is 11.8 Å². The number of imide groups is 1. The van der Waals surface area contributed by atoms with Gasteiger partial charge in [-0.05, 0) is 53.8 Å². The number of benzene rings is 3. The summed E-state index contributed by atoms with van der Waals surface area (Å²) in [6.45, 7) is 6.13. The number of nitrogens with one attached hydrogen (secondary N) is 1. The van der Waals surface area contributed by atoms with Crippen molar-refractivity contribution in [2.24, 2.45) is 0 Å². The Kier molecular flexibility index (Phi) is 5.66. The standard InChI is InChI=1S/C26H23ClN2O2/c1-16(2)18-10-12-20(13-11-18)28-24-23(19-7-5-4-6-8-19)25(30)29(26(24)31)21-14-9-17(3)22(27)15-21/h4-16,28H,1-3H3. The van der Waals surface area contributed by atoms with Gasteiger partial charge in [-0.3, -0.25) is 9.59 Å². The molecule has 0 aliphatic carbocycles. The number of hydrogen-bond donors (Lipinski definition) is 1. The van der Waals surface area contributed by atoms with Gasteiger partial charge in [0.25, 0.3) is 11.8 Å². The topological polar surface area (TPSA) is 49.4 Å². The predicted octanol–water partition coefficient (Wildman–Crippen LogP) is 6.17. The number of hydrogen-bond acceptors (Lipinski definition) is 3. The van der Waals surface area contributed by atoms with Gasteiger partial charge in [-0.2, -0.15) is 0 Å². The number of nitrogens with zero attached hydrogens (tertiary/aromatic N) is 1. The first-order chi connectivity index (χ1) is 14.9. The van der Waals surface area contributed by atoms with Gasteiger partial charge >= 0.3 is 0 Å². The number of carbonyl (C=O) groups is 2. The second kappa shape index (κ2) is 8.40. The molecule has 0 fully saturated rings. The summed E-state index contributed by atoms with van der Waals surface area (Å²) in [4.78, 5) is 28.0. The van der Waals surface area contributed by atoms with Crippen LogP contribution in [0.1, 0.15) is 36.5 Å². The fourth-order valence-electron chi connectivity index (χ4n) is 3.57. The van der Waals surface area contributed by atoms with Crippen molar-refractivity contribution in [1.82, 2.24) is 0 Å². The number of rotatable bonds is 5. The maximum atomic E-state index is 13.4. The third-order valence-electron chi connectivity index (χ3n) is 5.41. The van der Waals surface area contributed by atoms with Crippen molar-refractivity contribution in [2.45, 2.75) is 26.7 Å². The van der Waals surface area contributed by atoms with Crippen LogP contribution in [0.5, 0.6) is 0 Å². The Hall–Kier alpha value is -3.37. The summed E-state index contributed by atoms with van der Waals surface area (Å²) in [6, 6.07) is 22.3. The lowest BCUT2D eigenvalue weighted by Gasteiger charge is -2.16. The van der Waals surface area contributed by atoms with E-state index in [0.29, 0.717) is 27.8 Å². The van der Waals surface area contributed by atoms with E-state index in [1.807, 2.05) is 61.5 Å². The third kappa shape index (κ3) is 3.99. The SMILES string of the molecule is Cc1ccc(N2C(=O)C(Nc3ccc(C(C)C)cc3)=C(c3ccccc3)C2=O)cc1Cl. The largest absolute Gasteiger partial charge is 0.350 e. The van der Waals surface area contributed by atoms with Crippen molar-refractivity contribution in [2.75, 3.05) is 10.2 Å². The third-order valence-corrected chi connectivity index (χ3v) is 5.81. The molecule has 0 radical (unpaired) electrons. The zero-order valence-corrected chi connectivity index (χ0v) is 18.4. The van der Waals surface area contributed by atoms with E-state index in [1.165, 1.54) is 10.5 Å². The van der Waals surface area contributed by atoms with Crippen molar-refractivity contribution in [3.05, 3.63) is 100 Å². The van der Waals surface area contributed by atoms with Crippen molar-refractivity contribution in [1.29, 1.82) is 0 Å². The summed E-state index contributed by atoms with van der Waals surface area (Å²) in [5.41, 5.74) is 4.56. The van der Waals surface area contributed by atoms with Crippen LogP contribution in [0.2, 0.25) is 5.02 Å². The molecule has 0 saturated carbocycles. The quantitative estimate of drug-likeness (QED) is 0.492. The summed E-state index contributed by atoms with van der Waals surface area (Å²) in [7, 11) is 0. The summed E-state index contributed by atoms with van der Waals surface area (Å²) >= 11 is 6.27. The second-order valence-electron chi connectivity index (χ2n) is 7.90. The Bertz CT molecular complexity index is 1180. The fraction of sp³-hybridized carbons (Fsp3) is 0.154. The van der Waals surface area contributed by atoms with E-state index >= 15 is 0 Å². The highest BCUT2D eigenvalue weighted by Crippen LogP contribution is 2.35. The van der Waals surface area contributed by atoms with E-state index in [2.05, 4.69) is 19.2 Å². The molecule has 1 N–H and O–H groups in total. The van der Waals surface area contributed by atoms with Gasteiger partial charge in [-0.25, -0.2) is 4.90 Å². The molecule has 156 valence electrons. The number of carbonyl (C=O) groups excluding carboxylic acids is 2. The molecule has 1 aliphatic rings. The van der Waals surface area contributed by atoms with Gasteiger partial charge in [0.2, 0.25) is 0 Å². The Morgan fingerprint density at radius 3 is 2.16 bits per heavy atom. The minimum Gasteiger partial charge on any atom is -0.350 e. The Labute approximate surface area is 187 Å². The number of aryl methyl sites for hydroxylation is 1. The second-order valence-corrected chi connectivity index (χ2v) is 8.30. The van der Waals surface area contributed by atoms with Gasteiger partial charge in [-0.1, -0.05) is 74.0 Å². The molecule has 0 unspecified atom stereocenters. The van der Waals surface area contributed by atoms with E-state index in [-0.39, 0.29) is 11.6 Å². The van der Waals surface area contributed by atoms with E-state index in [9.17, 15) is 9.59 Å². The molecule has 1 aliphatic heterocycles. The molecule has 5 heteroatoms. The van der Waals surface area contributed by atoms with Crippen molar-refractivity contribution >= 4 is 40.4 Å². The molecular weight excluding hydrogens is 408 g/mol. The van der Waals surface area contributed by atoms with Crippen LogP contribution in [0, 0.1) is 6.92 Å². The van der Waals surface area contributed by atoms with Crippen LogP contribution in [0.4, 0.5) is 11.4 Å². The average Bonchev–Trinajstić information content (AvgIpc) is 3.00. The van der Waals surface area contributed by atoms with Crippen LogP contribution in [0.3, 0.4) is 0 Å². The first-order valence-corrected chi connectivity index (χ1v) is 10.6. The predicted molar refractivity (Wildman–Crippen MR) is 126 cm³/mol. The molecule has 0 saturated heterocycles. The minimum absolute atomic E-state index is 0.255.